The number of nitrogens with zero attached hydrogens (tertiary/aromatic N) is 2. The summed E-state index contributed by atoms with van der Waals surface area (Å²) in [6.45, 7) is 20.4. The van der Waals surface area contributed by atoms with Crippen molar-refractivity contribution in [3.05, 3.63) is 0 Å². The Morgan fingerprint density at radius 2 is 0.944 bits per heavy atom. The van der Waals surface area contributed by atoms with Crippen LogP contribution in [0.2, 0.25) is 0 Å². The number of rotatable bonds is 12. The Morgan fingerprint density at radius 1 is 0.639 bits per heavy atom. The van der Waals surface area contributed by atoms with E-state index in [9.17, 15) is 19.8 Å². The van der Waals surface area contributed by atoms with E-state index in [0.29, 0.717) is 49.9 Å². The van der Waals surface area contributed by atoms with Crippen LogP contribution in [0.1, 0.15) is 81.1 Å². The second-order valence-electron chi connectivity index (χ2n) is 12.7. The van der Waals surface area contributed by atoms with E-state index in [1.54, 1.807) is 0 Å². The first-order valence-electron chi connectivity index (χ1n) is 14.1. The van der Waals surface area contributed by atoms with E-state index in [2.05, 4.69) is 75.8 Å². The highest BCUT2D eigenvalue weighted by Crippen LogP contribution is 2.19. The summed E-state index contributed by atoms with van der Waals surface area (Å²) in [4.78, 5) is 28.1. The summed E-state index contributed by atoms with van der Waals surface area (Å²) in [7, 11) is 0. The molecule has 0 aromatic carbocycles. The molecule has 0 amide bonds. The molecule has 0 spiro atoms. The summed E-state index contributed by atoms with van der Waals surface area (Å²) in [5.41, 5.74) is 0. The minimum atomic E-state index is -0.789. The molecule has 36 heavy (non-hydrogen) atoms. The molecule has 0 aromatic heterocycles. The third-order valence-electron chi connectivity index (χ3n) is 6.90. The number of hydrogen-bond donors (Lipinski definition) is 4. The van der Waals surface area contributed by atoms with Gasteiger partial charge in [0.25, 0.3) is 0 Å². The minimum absolute atomic E-state index is 0.0325. The third kappa shape index (κ3) is 13.9. The van der Waals surface area contributed by atoms with Crippen molar-refractivity contribution in [2.45, 2.75) is 105 Å². The molecule has 0 aliphatic carbocycles. The molecule has 1 saturated heterocycles. The van der Waals surface area contributed by atoms with Crippen LogP contribution in [0.4, 0.5) is 0 Å². The normalized spacial score (nSPS) is 25.9. The van der Waals surface area contributed by atoms with E-state index in [-0.39, 0.29) is 37.3 Å². The van der Waals surface area contributed by atoms with Crippen molar-refractivity contribution in [2.75, 3.05) is 39.3 Å². The zero-order chi connectivity index (χ0) is 27.4. The van der Waals surface area contributed by atoms with Crippen molar-refractivity contribution in [3.8, 4) is 0 Å². The number of hydrogen-bond acceptors (Lipinski definition) is 6. The quantitative estimate of drug-likeness (QED) is 0.314. The topological polar surface area (TPSA) is 105 Å². The van der Waals surface area contributed by atoms with Gasteiger partial charge in [-0.1, -0.05) is 55.4 Å². The van der Waals surface area contributed by atoms with Gasteiger partial charge in [0.05, 0.1) is 13.1 Å². The molecule has 4 N–H and O–H groups in total. The summed E-state index contributed by atoms with van der Waals surface area (Å²) < 4.78 is 0. The lowest BCUT2D eigenvalue weighted by Gasteiger charge is -2.41. The van der Waals surface area contributed by atoms with Gasteiger partial charge in [-0.05, 0) is 49.4 Å². The number of carboxylic acid groups (broad SMARTS) is 2. The molecule has 0 bridgehead atoms. The highest BCUT2D eigenvalue weighted by Gasteiger charge is 2.30. The van der Waals surface area contributed by atoms with Crippen molar-refractivity contribution < 1.29 is 19.8 Å². The second-order valence-corrected chi connectivity index (χ2v) is 12.7. The van der Waals surface area contributed by atoms with Gasteiger partial charge in [-0.15, -0.1) is 0 Å². The SMILES string of the molecule is CC(C)C[C@H]1CN(CC(=O)O)[C@@H](CC(C)C)CN[C@@H](CC(C)C)CN(CC(=O)O)[C@@H](CC(C)C)CN1. The van der Waals surface area contributed by atoms with E-state index in [0.717, 1.165) is 25.7 Å². The van der Waals surface area contributed by atoms with Crippen molar-refractivity contribution >= 4 is 11.9 Å². The number of carboxylic acids is 2. The smallest absolute Gasteiger partial charge is 0.317 e. The maximum Gasteiger partial charge on any atom is 0.317 e. The van der Waals surface area contributed by atoms with Crippen LogP contribution in [0.3, 0.4) is 0 Å². The number of nitrogens with one attached hydrogen (secondary N) is 2. The van der Waals surface area contributed by atoms with Crippen LogP contribution in [0, 0.1) is 23.7 Å². The van der Waals surface area contributed by atoms with Crippen molar-refractivity contribution in [2.24, 2.45) is 23.7 Å². The first-order valence-corrected chi connectivity index (χ1v) is 14.1. The van der Waals surface area contributed by atoms with Crippen molar-refractivity contribution in [3.63, 3.8) is 0 Å². The first-order chi connectivity index (χ1) is 16.8. The van der Waals surface area contributed by atoms with Gasteiger partial charge in [0, 0.05) is 50.3 Å². The van der Waals surface area contributed by atoms with E-state index in [1.807, 2.05) is 0 Å². The Kier molecular flexibility index (Phi) is 15.1. The van der Waals surface area contributed by atoms with Gasteiger partial charge in [-0.2, -0.15) is 0 Å². The Balaban J connectivity index is 3.41. The molecule has 1 heterocycles. The van der Waals surface area contributed by atoms with Gasteiger partial charge in [-0.25, -0.2) is 0 Å². The maximum absolute atomic E-state index is 11.9. The standard InChI is InChI=1S/C28H56N4O4/c1-19(2)9-23-15-31(17-27(33)34)26(12-22(7)8)14-30-24(10-20(3)4)16-32(18-28(35)36)25(13-29-23)11-21(5)6/h19-26,29-30H,9-18H2,1-8H3,(H,33,34)(H,35,36)/t23-,24-,25-,26-/m0/s1. The van der Waals surface area contributed by atoms with Crippen LogP contribution in [0.15, 0.2) is 0 Å². The minimum Gasteiger partial charge on any atom is -0.480 e. The lowest BCUT2D eigenvalue weighted by atomic mass is 9.95. The molecule has 0 radical (unpaired) electrons. The van der Waals surface area contributed by atoms with E-state index < -0.39 is 11.9 Å². The van der Waals surface area contributed by atoms with Crippen LogP contribution in [-0.2, 0) is 9.59 Å². The average molecular weight is 513 g/mol. The molecular weight excluding hydrogens is 456 g/mol. The van der Waals surface area contributed by atoms with Crippen LogP contribution in [0.5, 0.6) is 0 Å². The zero-order valence-electron chi connectivity index (χ0n) is 24.3. The largest absolute Gasteiger partial charge is 0.480 e. The van der Waals surface area contributed by atoms with E-state index in [1.165, 1.54) is 0 Å². The molecule has 8 nitrogen and oxygen atoms in total. The number of carbonyl (C=O) groups is 2. The molecule has 1 aliphatic rings. The fourth-order valence-electron chi connectivity index (χ4n) is 5.60. The molecule has 1 fully saturated rings. The monoisotopic (exact) mass is 512 g/mol. The summed E-state index contributed by atoms with van der Waals surface area (Å²) in [5, 5.41) is 27.1. The molecule has 4 atom stereocenters. The fraction of sp³-hybridized carbons (Fsp3) is 0.929. The van der Waals surface area contributed by atoms with Gasteiger partial charge in [0.15, 0.2) is 0 Å². The first kappa shape index (κ1) is 32.8. The highest BCUT2D eigenvalue weighted by atomic mass is 16.4. The maximum atomic E-state index is 11.9. The highest BCUT2D eigenvalue weighted by molar-refractivity contribution is 5.69. The molecule has 0 unspecified atom stereocenters. The molecule has 8 heteroatoms. The fourth-order valence-corrected chi connectivity index (χ4v) is 5.60. The molecule has 0 aromatic rings. The van der Waals surface area contributed by atoms with Gasteiger partial charge in [0.1, 0.15) is 0 Å². The Hall–Kier alpha value is -1.22. The Bertz CT molecular complexity index is 587. The van der Waals surface area contributed by atoms with Crippen LogP contribution < -0.4 is 10.6 Å². The van der Waals surface area contributed by atoms with Crippen molar-refractivity contribution in [1.82, 2.24) is 20.4 Å². The van der Waals surface area contributed by atoms with Crippen LogP contribution in [0.25, 0.3) is 0 Å². The van der Waals surface area contributed by atoms with Gasteiger partial charge < -0.3 is 20.8 Å². The molecule has 1 rings (SSSR count). The predicted octanol–water partition coefficient (Wildman–Crippen LogP) is 3.61. The summed E-state index contributed by atoms with van der Waals surface area (Å²) in [6, 6.07) is 0.495. The Morgan fingerprint density at radius 3 is 1.19 bits per heavy atom. The summed E-state index contributed by atoms with van der Waals surface area (Å²) >= 11 is 0. The summed E-state index contributed by atoms with van der Waals surface area (Å²) in [6.07, 6.45) is 3.72. The van der Waals surface area contributed by atoms with E-state index in [4.69, 9.17) is 0 Å². The lowest BCUT2D eigenvalue weighted by Crippen LogP contribution is -2.58. The zero-order valence-corrected chi connectivity index (χ0v) is 24.3. The molecule has 212 valence electrons. The molecular formula is C28H56N4O4. The third-order valence-corrected chi connectivity index (χ3v) is 6.90. The van der Waals surface area contributed by atoms with Gasteiger partial charge in [0.2, 0.25) is 0 Å². The van der Waals surface area contributed by atoms with Crippen molar-refractivity contribution in [1.29, 1.82) is 0 Å². The molecule has 0 saturated carbocycles. The predicted molar refractivity (Wildman–Crippen MR) is 147 cm³/mol. The average Bonchev–Trinajstić information content (AvgIpc) is 2.70. The number of aliphatic carboxylic acids is 2. The summed E-state index contributed by atoms with van der Waals surface area (Å²) in [5.74, 6) is 0.252. The lowest BCUT2D eigenvalue weighted by molar-refractivity contribution is -0.139. The van der Waals surface area contributed by atoms with Crippen LogP contribution >= 0.6 is 0 Å². The second kappa shape index (κ2) is 16.6. The van der Waals surface area contributed by atoms with Gasteiger partial charge >= 0.3 is 11.9 Å². The molecule has 1 aliphatic heterocycles. The van der Waals surface area contributed by atoms with Gasteiger partial charge in [-0.3, -0.25) is 19.4 Å². The van der Waals surface area contributed by atoms with E-state index >= 15 is 0 Å². The Labute approximate surface area is 220 Å². The van der Waals surface area contributed by atoms with Crippen LogP contribution in [-0.4, -0.2) is 95.4 Å².